The largest absolute Gasteiger partial charge is 0.465 e. The van der Waals surface area contributed by atoms with Crippen LogP contribution >= 0.6 is 0 Å². The van der Waals surface area contributed by atoms with Crippen LogP contribution in [0.25, 0.3) is 0 Å². The summed E-state index contributed by atoms with van der Waals surface area (Å²) in [5.41, 5.74) is 0. The minimum atomic E-state index is -0.296. The number of esters is 2. The fourth-order valence-electron chi connectivity index (χ4n) is 6.13. The highest BCUT2D eigenvalue weighted by Gasteiger charge is 2.47. The van der Waals surface area contributed by atoms with Crippen molar-refractivity contribution in [1.82, 2.24) is 0 Å². The molecule has 3 rings (SSSR count). The van der Waals surface area contributed by atoms with E-state index in [2.05, 4.69) is 27.7 Å². The SMILES string of the molecule is CCC(CC)C1CC(C)C(COC(=O)CCCCC(=O)OCC2CC3OC3CC2C)CC1O. The number of aliphatic hydroxyl groups excluding tert-OH is 1. The van der Waals surface area contributed by atoms with Crippen molar-refractivity contribution in [3.05, 3.63) is 0 Å². The van der Waals surface area contributed by atoms with Crippen LogP contribution in [-0.4, -0.2) is 48.6 Å². The lowest BCUT2D eigenvalue weighted by atomic mass is 9.68. The van der Waals surface area contributed by atoms with Crippen LogP contribution in [0.1, 0.15) is 91.9 Å². The number of ether oxygens (including phenoxy) is 3. The van der Waals surface area contributed by atoms with Crippen LogP contribution in [0.2, 0.25) is 0 Å². The summed E-state index contributed by atoms with van der Waals surface area (Å²) >= 11 is 0. The van der Waals surface area contributed by atoms with Gasteiger partial charge in [0.2, 0.25) is 0 Å². The van der Waals surface area contributed by atoms with Crippen molar-refractivity contribution < 1.29 is 28.9 Å². The molecule has 0 aromatic carbocycles. The van der Waals surface area contributed by atoms with E-state index in [1.165, 1.54) is 0 Å². The second-order valence-electron chi connectivity index (χ2n) is 11.0. The molecule has 2 saturated carbocycles. The van der Waals surface area contributed by atoms with Crippen LogP contribution in [0.5, 0.6) is 0 Å². The summed E-state index contributed by atoms with van der Waals surface area (Å²) in [5, 5.41) is 10.6. The molecule has 33 heavy (non-hydrogen) atoms. The molecule has 1 aliphatic heterocycles. The van der Waals surface area contributed by atoms with Gasteiger partial charge in [-0.1, -0.05) is 40.5 Å². The van der Waals surface area contributed by atoms with Crippen molar-refractivity contribution in [2.75, 3.05) is 13.2 Å². The van der Waals surface area contributed by atoms with Gasteiger partial charge in [0.25, 0.3) is 0 Å². The summed E-state index contributed by atoms with van der Waals surface area (Å²) in [4.78, 5) is 24.2. The van der Waals surface area contributed by atoms with Gasteiger partial charge in [0, 0.05) is 12.8 Å². The molecule has 8 unspecified atom stereocenters. The van der Waals surface area contributed by atoms with Crippen molar-refractivity contribution >= 4 is 11.9 Å². The first-order valence-electron chi connectivity index (χ1n) is 13.5. The predicted molar refractivity (Wildman–Crippen MR) is 126 cm³/mol. The van der Waals surface area contributed by atoms with E-state index in [4.69, 9.17) is 14.2 Å². The fourth-order valence-corrected chi connectivity index (χ4v) is 6.13. The van der Waals surface area contributed by atoms with E-state index < -0.39 is 0 Å². The Kier molecular flexibility index (Phi) is 10.0. The van der Waals surface area contributed by atoms with Gasteiger partial charge in [-0.25, -0.2) is 0 Å². The van der Waals surface area contributed by atoms with E-state index in [1.54, 1.807) is 0 Å². The standard InChI is InChI=1S/C27H46O6/c1-5-19(6-2)22-11-17(3)20(13-23(22)28)15-31-26(29)9-7-8-10-27(30)32-16-21-14-25-24(33-25)12-18(21)4/h17-25,28H,5-16H2,1-4H3. The van der Waals surface area contributed by atoms with Gasteiger partial charge in [-0.2, -0.15) is 0 Å². The molecule has 1 saturated heterocycles. The Morgan fingerprint density at radius 3 is 1.94 bits per heavy atom. The normalized spacial score (nSPS) is 35.7. The number of unbranched alkanes of at least 4 members (excludes halogenated alkanes) is 1. The molecule has 0 radical (unpaired) electrons. The summed E-state index contributed by atoms with van der Waals surface area (Å²) in [6.07, 6.45) is 8.49. The van der Waals surface area contributed by atoms with E-state index in [-0.39, 0.29) is 24.0 Å². The van der Waals surface area contributed by atoms with Crippen LogP contribution in [0.4, 0.5) is 0 Å². The highest BCUT2D eigenvalue weighted by atomic mass is 16.6. The monoisotopic (exact) mass is 466 g/mol. The molecule has 8 atom stereocenters. The molecule has 1 heterocycles. The van der Waals surface area contributed by atoms with E-state index in [0.717, 1.165) is 32.1 Å². The van der Waals surface area contributed by atoms with Crippen LogP contribution in [-0.2, 0) is 23.8 Å². The summed E-state index contributed by atoms with van der Waals surface area (Å²) < 4.78 is 16.6. The predicted octanol–water partition coefficient (Wildman–Crippen LogP) is 4.91. The second kappa shape index (κ2) is 12.5. The Morgan fingerprint density at radius 2 is 1.36 bits per heavy atom. The van der Waals surface area contributed by atoms with Gasteiger partial charge in [0.1, 0.15) is 0 Å². The molecule has 0 bridgehead atoms. The van der Waals surface area contributed by atoms with Gasteiger partial charge in [-0.3, -0.25) is 9.59 Å². The molecule has 6 nitrogen and oxygen atoms in total. The maximum absolute atomic E-state index is 12.2. The third-order valence-corrected chi connectivity index (χ3v) is 8.70. The number of fused-ring (bicyclic) bond motifs is 1. The maximum atomic E-state index is 12.2. The summed E-state index contributed by atoms with van der Waals surface area (Å²) in [6.45, 7) is 9.71. The average molecular weight is 467 g/mol. The van der Waals surface area contributed by atoms with Gasteiger partial charge >= 0.3 is 11.9 Å². The fraction of sp³-hybridized carbons (Fsp3) is 0.926. The number of carbonyl (C=O) groups is 2. The molecule has 1 N–H and O–H groups in total. The van der Waals surface area contributed by atoms with Gasteiger partial charge in [-0.05, 0) is 74.0 Å². The number of hydrogen-bond acceptors (Lipinski definition) is 6. The smallest absolute Gasteiger partial charge is 0.305 e. The summed E-state index contributed by atoms with van der Waals surface area (Å²) in [6, 6.07) is 0. The number of rotatable bonds is 12. The molecule has 3 aliphatic rings. The maximum Gasteiger partial charge on any atom is 0.305 e. The minimum Gasteiger partial charge on any atom is -0.465 e. The number of epoxide rings is 1. The Hall–Kier alpha value is -1.14. The van der Waals surface area contributed by atoms with E-state index in [0.29, 0.717) is 87.1 Å². The average Bonchev–Trinajstić information content (AvgIpc) is 3.54. The molecular weight excluding hydrogens is 420 g/mol. The molecule has 0 amide bonds. The Labute approximate surface area is 200 Å². The Balaban J connectivity index is 1.24. The zero-order valence-electron chi connectivity index (χ0n) is 21.2. The molecule has 3 fully saturated rings. The first-order chi connectivity index (χ1) is 15.8. The number of carbonyl (C=O) groups excluding carboxylic acids is 2. The van der Waals surface area contributed by atoms with Gasteiger partial charge < -0.3 is 19.3 Å². The van der Waals surface area contributed by atoms with Gasteiger partial charge in [-0.15, -0.1) is 0 Å². The summed E-state index contributed by atoms with van der Waals surface area (Å²) in [7, 11) is 0. The van der Waals surface area contributed by atoms with Crippen molar-refractivity contribution in [1.29, 1.82) is 0 Å². The minimum absolute atomic E-state index is 0.175. The zero-order chi connectivity index (χ0) is 24.0. The zero-order valence-corrected chi connectivity index (χ0v) is 21.2. The second-order valence-corrected chi connectivity index (χ2v) is 11.0. The van der Waals surface area contributed by atoms with Crippen LogP contribution in [0.15, 0.2) is 0 Å². The van der Waals surface area contributed by atoms with Crippen molar-refractivity contribution in [3.8, 4) is 0 Å². The third-order valence-electron chi connectivity index (χ3n) is 8.70. The summed E-state index contributed by atoms with van der Waals surface area (Å²) in [5.74, 6) is 2.17. The van der Waals surface area contributed by atoms with Crippen LogP contribution in [0, 0.1) is 35.5 Å². The van der Waals surface area contributed by atoms with Gasteiger partial charge in [0.15, 0.2) is 0 Å². The molecule has 0 aromatic heterocycles. The van der Waals surface area contributed by atoms with Crippen molar-refractivity contribution in [2.24, 2.45) is 35.5 Å². The molecule has 6 heteroatoms. The number of hydrogen-bond donors (Lipinski definition) is 1. The molecular formula is C27H46O6. The van der Waals surface area contributed by atoms with Crippen molar-refractivity contribution in [3.63, 3.8) is 0 Å². The Morgan fingerprint density at radius 1 is 0.848 bits per heavy atom. The Bertz CT molecular complexity index is 632. The molecule has 0 aromatic rings. The number of aliphatic hydroxyl groups is 1. The quantitative estimate of drug-likeness (QED) is 0.250. The van der Waals surface area contributed by atoms with E-state index >= 15 is 0 Å². The first-order valence-corrected chi connectivity index (χ1v) is 13.5. The molecule has 2 aliphatic carbocycles. The third kappa shape index (κ3) is 7.68. The lowest BCUT2D eigenvalue weighted by Gasteiger charge is -2.41. The lowest BCUT2D eigenvalue weighted by Crippen LogP contribution is -2.39. The van der Waals surface area contributed by atoms with E-state index in [9.17, 15) is 14.7 Å². The molecule has 190 valence electrons. The molecule has 0 spiro atoms. The highest BCUT2D eigenvalue weighted by molar-refractivity contribution is 5.70. The lowest BCUT2D eigenvalue weighted by molar-refractivity contribution is -0.149. The van der Waals surface area contributed by atoms with Crippen LogP contribution in [0.3, 0.4) is 0 Å². The highest BCUT2D eigenvalue weighted by Crippen LogP contribution is 2.43. The first kappa shape index (κ1) is 26.5. The topological polar surface area (TPSA) is 85.4 Å². The van der Waals surface area contributed by atoms with Gasteiger partial charge in [0.05, 0.1) is 31.5 Å². The van der Waals surface area contributed by atoms with Crippen LogP contribution < -0.4 is 0 Å². The van der Waals surface area contributed by atoms with E-state index in [1.807, 2.05) is 0 Å². The van der Waals surface area contributed by atoms with Crippen molar-refractivity contribution in [2.45, 2.75) is 110 Å².